The molecular formula is C13H14N4O2. The molecule has 0 spiro atoms. The van der Waals surface area contributed by atoms with E-state index in [0.717, 1.165) is 0 Å². The number of rotatable bonds is 3. The lowest BCUT2D eigenvalue weighted by molar-refractivity contribution is 0.262. The smallest absolute Gasteiger partial charge is 0.323 e. The Morgan fingerprint density at radius 1 is 1.11 bits per heavy atom. The van der Waals surface area contributed by atoms with E-state index in [1.807, 2.05) is 0 Å². The van der Waals surface area contributed by atoms with Gasteiger partial charge in [0.25, 0.3) is 0 Å². The van der Waals surface area contributed by atoms with Crippen LogP contribution in [-0.2, 0) is 0 Å². The lowest BCUT2D eigenvalue weighted by Crippen LogP contribution is -2.19. The number of nitrogen functional groups attached to an aromatic ring is 1. The minimum atomic E-state index is -0.350. The lowest BCUT2D eigenvalue weighted by atomic mass is 10.3. The van der Waals surface area contributed by atoms with Crippen molar-refractivity contribution in [1.82, 2.24) is 4.98 Å². The molecule has 98 valence electrons. The van der Waals surface area contributed by atoms with E-state index in [1.54, 1.807) is 36.4 Å². The van der Waals surface area contributed by atoms with E-state index in [9.17, 15) is 4.79 Å². The van der Waals surface area contributed by atoms with E-state index < -0.39 is 0 Å². The van der Waals surface area contributed by atoms with Gasteiger partial charge in [-0.1, -0.05) is 0 Å². The third-order valence-corrected chi connectivity index (χ3v) is 2.37. The van der Waals surface area contributed by atoms with Crippen molar-refractivity contribution in [3.63, 3.8) is 0 Å². The normalized spacial score (nSPS) is 9.74. The Morgan fingerprint density at radius 3 is 2.32 bits per heavy atom. The highest BCUT2D eigenvalue weighted by atomic mass is 16.5. The van der Waals surface area contributed by atoms with E-state index in [2.05, 4.69) is 15.6 Å². The van der Waals surface area contributed by atoms with E-state index in [-0.39, 0.29) is 6.03 Å². The number of hydrogen-bond donors (Lipinski definition) is 3. The molecule has 0 bridgehead atoms. The molecule has 4 N–H and O–H groups in total. The van der Waals surface area contributed by atoms with Crippen LogP contribution in [-0.4, -0.2) is 18.1 Å². The summed E-state index contributed by atoms with van der Waals surface area (Å²) >= 11 is 0. The molecule has 0 unspecified atom stereocenters. The first-order valence-corrected chi connectivity index (χ1v) is 5.61. The number of benzene rings is 1. The maximum Gasteiger partial charge on any atom is 0.323 e. The molecule has 0 saturated heterocycles. The predicted octanol–water partition coefficient (Wildman–Crippen LogP) is 2.32. The molecule has 0 atom stereocenters. The number of urea groups is 1. The van der Waals surface area contributed by atoms with Crippen molar-refractivity contribution in [3.05, 3.63) is 42.6 Å². The number of carbonyl (C=O) groups excluding carboxylic acids is 1. The average Bonchev–Trinajstić information content (AvgIpc) is 2.42. The Kier molecular flexibility index (Phi) is 3.82. The third-order valence-electron chi connectivity index (χ3n) is 2.37. The number of amides is 2. The maximum atomic E-state index is 11.7. The Bertz CT molecular complexity index is 552. The van der Waals surface area contributed by atoms with Crippen LogP contribution < -0.4 is 21.1 Å². The molecule has 0 aliphatic rings. The molecule has 6 nitrogen and oxygen atoms in total. The van der Waals surface area contributed by atoms with Crippen molar-refractivity contribution < 1.29 is 9.53 Å². The molecule has 1 aromatic carbocycles. The highest BCUT2D eigenvalue weighted by molar-refractivity contribution is 5.99. The first-order chi connectivity index (χ1) is 9.17. The van der Waals surface area contributed by atoms with Crippen molar-refractivity contribution in [2.75, 3.05) is 23.5 Å². The van der Waals surface area contributed by atoms with Crippen molar-refractivity contribution in [2.45, 2.75) is 0 Å². The number of nitrogens with one attached hydrogen (secondary N) is 2. The summed E-state index contributed by atoms with van der Waals surface area (Å²) in [7, 11) is 1.53. The van der Waals surface area contributed by atoms with Gasteiger partial charge in [0.2, 0.25) is 5.88 Å². The molecule has 6 heteroatoms. The Morgan fingerprint density at radius 2 is 1.74 bits per heavy atom. The van der Waals surface area contributed by atoms with Gasteiger partial charge in [0.15, 0.2) is 0 Å². The Labute approximate surface area is 110 Å². The first kappa shape index (κ1) is 12.7. The largest absolute Gasteiger partial charge is 0.481 e. The predicted molar refractivity (Wildman–Crippen MR) is 74.3 cm³/mol. The van der Waals surface area contributed by atoms with Gasteiger partial charge in [0, 0.05) is 17.4 Å². The zero-order valence-electron chi connectivity index (χ0n) is 10.4. The van der Waals surface area contributed by atoms with Crippen LogP contribution in [0.15, 0.2) is 42.6 Å². The molecule has 0 fully saturated rings. The van der Waals surface area contributed by atoms with E-state index in [0.29, 0.717) is 22.9 Å². The Balaban J connectivity index is 1.95. The van der Waals surface area contributed by atoms with Crippen LogP contribution in [0.1, 0.15) is 0 Å². The van der Waals surface area contributed by atoms with Crippen molar-refractivity contribution in [2.24, 2.45) is 0 Å². The van der Waals surface area contributed by atoms with Gasteiger partial charge in [-0.25, -0.2) is 9.78 Å². The molecule has 2 aromatic rings. The molecule has 0 radical (unpaired) electrons. The third kappa shape index (κ3) is 3.60. The Hall–Kier alpha value is -2.76. The minimum Gasteiger partial charge on any atom is -0.481 e. The van der Waals surface area contributed by atoms with Gasteiger partial charge in [0.1, 0.15) is 0 Å². The number of nitrogens with zero attached hydrogens (tertiary/aromatic N) is 1. The van der Waals surface area contributed by atoms with E-state index in [1.165, 1.54) is 13.3 Å². The lowest BCUT2D eigenvalue weighted by Gasteiger charge is -2.08. The van der Waals surface area contributed by atoms with Gasteiger partial charge < -0.3 is 21.1 Å². The van der Waals surface area contributed by atoms with Crippen LogP contribution >= 0.6 is 0 Å². The molecular weight excluding hydrogens is 244 g/mol. The van der Waals surface area contributed by atoms with E-state index >= 15 is 0 Å². The molecule has 0 aliphatic carbocycles. The van der Waals surface area contributed by atoms with Gasteiger partial charge >= 0.3 is 6.03 Å². The van der Waals surface area contributed by atoms with Crippen LogP contribution in [0, 0.1) is 0 Å². The van der Waals surface area contributed by atoms with Gasteiger partial charge in [-0.2, -0.15) is 0 Å². The second-order valence-corrected chi connectivity index (χ2v) is 3.79. The average molecular weight is 258 g/mol. The molecule has 0 saturated carbocycles. The molecule has 19 heavy (non-hydrogen) atoms. The zero-order chi connectivity index (χ0) is 13.7. The standard InChI is InChI=1S/C13H14N4O2/c1-19-12-7-6-11(8-15-12)17-13(18)16-10-4-2-9(14)3-5-10/h2-8H,14H2,1H3,(H2,16,17,18). The van der Waals surface area contributed by atoms with Gasteiger partial charge in [-0.3, -0.25) is 0 Å². The number of hydrogen-bond acceptors (Lipinski definition) is 4. The highest BCUT2D eigenvalue weighted by Gasteiger charge is 2.03. The summed E-state index contributed by atoms with van der Waals surface area (Å²) < 4.78 is 4.93. The fourth-order valence-electron chi connectivity index (χ4n) is 1.43. The molecule has 2 amide bonds. The summed E-state index contributed by atoms with van der Waals surface area (Å²) in [5.41, 5.74) is 7.44. The minimum absolute atomic E-state index is 0.350. The number of ether oxygens (including phenoxy) is 1. The van der Waals surface area contributed by atoms with Crippen LogP contribution in [0.4, 0.5) is 21.9 Å². The summed E-state index contributed by atoms with van der Waals surface area (Å²) in [5.74, 6) is 0.490. The topological polar surface area (TPSA) is 89.3 Å². The van der Waals surface area contributed by atoms with Crippen LogP contribution in [0.5, 0.6) is 5.88 Å². The summed E-state index contributed by atoms with van der Waals surface area (Å²) in [4.78, 5) is 15.7. The number of carbonyl (C=O) groups is 1. The second kappa shape index (κ2) is 5.72. The van der Waals surface area contributed by atoms with Crippen molar-refractivity contribution in [3.8, 4) is 5.88 Å². The molecule has 2 rings (SSSR count). The fourth-order valence-corrected chi connectivity index (χ4v) is 1.43. The summed E-state index contributed by atoms with van der Waals surface area (Å²) in [5, 5.41) is 5.34. The van der Waals surface area contributed by atoms with Crippen LogP contribution in [0.25, 0.3) is 0 Å². The fraction of sp³-hybridized carbons (Fsp3) is 0.0769. The van der Waals surface area contributed by atoms with Crippen LogP contribution in [0.2, 0.25) is 0 Å². The number of methoxy groups -OCH3 is 1. The highest BCUT2D eigenvalue weighted by Crippen LogP contribution is 2.13. The maximum absolute atomic E-state index is 11.7. The van der Waals surface area contributed by atoms with Gasteiger partial charge in [-0.15, -0.1) is 0 Å². The number of anilines is 3. The van der Waals surface area contributed by atoms with Gasteiger partial charge in [-0.05, 0) is 30.3 Å². The van der Waals surface area contributed by atoms with Gasteiger partial charge in [0.05, 0.1) is 19.0 Å². The SMILES string of the molecule is COc1ccc(NC(=O)Nc2ccc(N)cc2)cn1. The number of nitrogens with two attached hydrogens (primary N) is 1. The number of pyridine rings is 1. The van der Waals surface area contributed by atoms with E-state index in [4.69, 9.17) is 10.5 Å². The summed E-state index contributed by atoms with van der Waals surface area (Å²) in [6, 6.07) is 9.89. The van der Waals surface area contributed by atoms with Crippen LogP contribution in [0.3, 0.4) is 0 Å². The molecule has 1 heterocycles. The molecule has 0 aliphatic heterocycles. The second-order valence-electron chi connectivity index (χ2n) is 3.79. The quantitative estimate of drug-likeness (QED) is 0.737. The summed E-state index contributed by atoms with van der Waals surface area (Å²) in [6.45, 7) is 0. The first-order valence-electron chi connectivity index (χ1n) is 5.61. The molecule has 1 aromatic heterocycles. The number of aromatic nitrogens is 1. The zero-order valence-corrected chi connectivity index (χ0v) is 10.4. The summed E-state index contributed by atoms with van der Waals surface area (Å²) in [6.07, 6.45) is 1.52. The monoisotopic (exact) mass is 258 g/mol. The van der Waals surface area contributed by atoms with Crippen molar-refractivity contribution in [1.29, 1.82) is 0 Å². The van der Waals surface area contributed by atoms with Crippen molar-refractivity contribution >= 4 is 23.1 Å².